The minimum absolute atomic E-state index is 0.160. The van der Waals surface area contributed by atoms with Gasteiger partial charge in [0.1, 0.15) is 5.75 Å². The Morgan fingerprint density at radius 1 is 1.20 bits per heavy atom. The Morgan fingerprint density at radius 2 is 2.00 bits per heavy atom. The van der Waals surface area contributed by atoms with E-state index >= 15 is 0 Å². The number of rotatable bonds is 3. The van der Waals surface area contributed by atoms with Crippen molar-refractivity contribution < 1.29 is 9.53 Å². The van der Waals surface area contributed by atoms with Crippen molar-refractivity contribution in [2.45, 2.75) is 13.0 Å². The highest BCUT2D eigenvalue weighted by Crippen LogP contribution is 2.30. The van der Waals surface area contributed by atoms with Crippen molar-refractivity contribution in [3.63, 3.8) is 0 Å². The van der Waals surface area contributed by atoms with Gasteiger partial charge in [-0.1, -0.05) is 35.1 Å². The number of hydrogen-bond donors (Lipinski definition) is 1. The van der Waals surface area contributed by atoms with Gasteiger partial charge in [0, 0.05) is 23.4 Å². The number of urea groups is 1. The molecule has 0 spiro atoms. The lowest BCUT2D eigenvalue weighted by atomic mass is 10.2. The maximum atomic E-state index is 12.7. The minimum atomic E-state index is -0.160. The largest absolute Gasteiger partial charge is 0.497 e. The first-order valence-electron chi connectivity index (χ1n) is 9.44. The third kappa shape index (κ3) is 3.38. The fourth-order valence-corrected chi connectivity index (χ4v) is 4.78. The van der Waals surface area contributed by atoms with Crippen molar-refractivity contribution >= 4 is 39.6 Å². The summed E-state index contributed by atoms with van der Waals surface area (Å²) < 4.78 is 7.11. The number of halogens is 1. The Kier molecular flexibility index (Phi) is 4.80. The van der Waals surface area contributed by atoms with Gasteiger partial charge in [-0.2, -0.15) is 4.98 Å². The number of amides is 2. The summed E-state index contributed by atoms with van der Waals surface area (Å²) in [5.41, 5.74) is 2.67. The van der Waals surface area contributed by atoms with Crippen LogP contribution < -0.4 is 10.1 Å². The molecule has 1 aliphatic heterocycles. The van der Waals surface area contributed by atoms with Gasteiger partial charge in [0.2, 0.25) is 4.96 Å². The highest BCUT2D eigenvalue weighted by atomic mass is 35.5. The molecule has 4 aromatic rings. The third-order valence-corrected chi connectivity index (χ3v) is 6.46. The predicted octanol–water partition coefficient (Wildman–Crippen LogP) is 4.71. The van der Waals surface area contributed by atoms with Gasteiger partial charge < -0.3 is 15.0 Å². The first-order valence-corrected chi connectivity index (χ1v) is 10.6. The highest BCUT2D eigenvalue weighted by Gasteiger charge is 2.26. The average Bonchev–Trinajstić information content (AvgIpc) is 3.33. The monoisotopic (exact) mass is 439 g/mol. The van der Waals surface area contributed by atoms with Crippen LogP contribution in [0.15, 0.2) is 48.5 Å². The lowest BCUT2D eigenvalue weighted by Crippen LogP contribution is -2.38. The maximum Gasteiger partial charge on any atom is 0.322 e. The molecule has 152 valence electrons. The summed E-state index contributed by atoms with van der Waals surface area (Å²) in [6.07, 6.45) is 0.719. The van der Waals surface area contributed by atoms with Crippen molar-refractivity contribution in [1.29, 1.82) is 0 Å². The molecular formula is C21H18ClN5O2S. The Hall–Kier alpha value is -3.10. The van der Waals surface area contributed by atoms with Crippen molar-refractivity contribution in [3.05, 3.63) is 64.1 Å². The summed E-state index contributed by atoms with van der Waals surface area (Å²) in [4.78, 5) is 21.1. The molecule has 0 saturated carbocycles. The molecule has 5 rings (SSSR count). The van der Waals surface area contributed by atoms with Crippen LogP contribution in [0.4, 0.5) is 10.5 Å². The van der Waals surface area contributed by atoms with E-state index in [1.54, 1.807) is 35.5 Å². The number of benzene rings is 2. The fraction of sp³-hybridized carbons (Fsp3) is 0.190. The SMILES string of the molecule is COc1ccc(-c2nc3sc4c(n3n2)CCN(C(=O)Nc2ccccc2Cl)C4)cc1. The van der Waals surface area contributed by atoms with Crippen LogP contribution >= 0.6 is 22.9 Å². The van der Waals surface area contributed by atoms with Crippen LogP contribution in [0.1, 0.15) is 10.6 Å². The Labute approximate surface area is 181 Å². The number of hydrogen-bond acceptors (Lipinski definition) is 5. The van der Waals surface area contributed by atoms with Crippen molar-refractivity contribution in [3.8, 4) is 17.1 Å². The summed E-state index contributed by atoms with van der Waals surface area (Å²) in [5.74, 6) is 1.48. The zero-order valence-corrected chi connectivity index (χ0v) is 17.7. The number of nitrogens with zero attached hydrogens (tertiary/aromatic N) is 4. The van der Waals surface area contributed by atoms with Crippen LogP contribution in [-0.2, 0) is 13.0 Å². The molecule has 9 heteroatoms. The molecule has 0 unspecified atom stereocenters. The second kappa shape index (κ2) is 7.62. The number of aromatic nitrogens is 3. The topological polar surface area (TPSA) is 71.8 Å². The zero-order chi connectivity index (χ0) is 20.7. The molecule has 0 radical (unpaired) electrons. The van der Waals surface area contributed by atoms with Gasteiger partial charge in [-0.15, -0.1) is 5.10 Å². The van der Waals surface area contributed by atoms with Crippen LogP contribution in [0.3, 0.4) is 0 Å². The summed E-state index contributed by atoms with van der Waals surface area (Å²) in [5, 5.41) is 8.11. The van der Waals surface area contributed by atoms with Gasteiger partial charge in [0.15, 0.2) is 5.82 Å². The van der Waals surface area contributed by atoms with E-state index in [2.05, 4.69) is 10.3 Å². The normalized spacial score (nSPS) is 13.3. The summed E-state index contributed by atoms with van der Waals surface area (Å²) in [6.45, 7) is 1.13. The van der Waals surface area contributed by atoms with Crippen molar-refractivity contribution in [2.75, 3.05) is 19.0 Å². The molecule has 0 bridgehead atoms. The zero-order valence-electron chi connectivity index (χ0n) is 16.1. The van der Waals surface area contributed by atoms with E-state index in [4.69, 9.17) is 21.4 Å². The number of anilines is 1. The van der Waals surface area contributed by atoms with Gasteiger partial charge >= 0.3 is 6.03 Å². The number of fused-ring (bicyclic) bond motifs is 3. The molecule has 1 aliphatic rings. The van der Waals surface area contributed by atoms with Crippen LogP contribution in [0.2, 0.25) is 5.02 Å². The maximum absolute atomic E-state index is 12.7. The highest BCUT2D eigenvalue weighted by molar-refractivity contribution is 7.17. The Balaban J connectivity index is 1.36. The number of nitrogens with one attached hydrogen (secondary N) is 1. The van der Waals surface area contributed by atoms with Gasteiger partial charge in [-0.3, -0.25) is 0 Å². The minimum Gasteiger partial charge on any atom is -0.497 e. The second-order valence-electron chi connectivity index (χ2n) is 6.91. The van der Waals surface area contributed by atoms with E-state index in [-0.39, 0.29) is 6.03 Å². The molecule has 0 atom stereocenters. The molecule has 2 aromatic carbocycles. The van der Waals surface area contributed by atoms with E-state index in [0.29, 0.717) is 29.6 Å². The van der Waals surface area contributed by atoms with E-state index in [9.17, 15) is 4.79 Å². The lowest BCUT2D eigenvalue weighted by molar-refractivity contribution is 0.206. The Bertz CT molecular complexity index is 1230. The number of carbonyl (C=O) groups excluding carboxylic acids is 1. The Morgan fingerprint density at radius 3 is 2.77 bits per heavy atom. The molecule has 0 fully saturated rings. The molecule has 0 aliphatic carbocycles. The van der Waals surface area contributed by atoms with Crippen molar-refractivity contribution in [1.82, 2.24) is 19.5 Å². The molecule has 1 N–H and O–H groups in total. The van der Waals surface area contributed by atoms with Gasteiger partial charge in [0.05, 0.1) is 30.1 Å². The van der Waals surface area contributed by atoms with E-state index in [1.165, 1.54) is 0 Å². The average molecular weight is 440 g/mol. The smallest absolute Gasteiger partial charge is 0.322 e. The van der Waals surface area contributed by atoms with Crippen LogP contribution in [0.25, 0.3) is 16.3 Å². The lowest BCUT2D eigenvalue weighted by Gasteiger charge is -2.26. The first kappa shape index (κ1) is 18.9. The molecule has 0 saturated heterocycles. The summed E-state index contributed by atoms with van der Waals surface area (Å²) in [6, 6.07) is 14.8. The molecule has 2 aromatic heterocycles. The van der Waals surface area contributed by atoms with Crippen LogP contribution in [0, 0.1) is 0 Å². The number of para-hydroxylation sites is 1. The number of methoxy groups -OCH3 is 1. The van der Waals surface area contributed by atoms with Crippen molar-refractivity contribution in [2.24, 2.45) is 0 Å². The quantitative estimate of drug-likeness (QED) is 0.501. The molecule has 7 nitrogen and oxygen atoms in total. The molecule has 3 heterocycles. The number of carbonyl (C=O) groups is 1. The van der Waals surface area contributed by atoms with E-state index < -0.39 is 0 Å². The third-order valence-electron chi connectivity index (χ3n) is 5.07. The number of ether oxygens (including phenoxy) is 1. The molecular weight excluding hydrogens is 422 g/mol. The van der Waals surface area contributed by atoms with Gasteiger partial charge in [-0.25, -0.2) is 9.31 Å². The van der Waals surface area contributed by atoms with E-state index in [1.807, 2.05) is 40.9 Å². The standard InChI is InChI=1S/C21H18ClN5O2S/c1-29-14-8-6-13(7-9-14)19-24-21-27(25-19)17-10-11-26(12-18(17)30-21)20(28)23-16-5-3-2-4-15(16)22/h2-9H,10-12H2,1H3,(H,23,28). The van der Waals surface area contributed by atoms with E-state index in [0.717, 1.165) is 33.3 Å². The first-order chi connectivity index (χ1) is 14.6. The fourth-order valence-electron chi connectivity index (χ4n) is 3.48. The van der Waals surface area contributed by atoms with Gasteiger partial charge in [0.25, 0.3) is 0 Å². The van der Waals surface area contributed by atoms with Crippen LogP contribution in [0.5, 0.6) is 5.75 Å². The second-order valence-corrected chi connectivity index (χ2v) is 8.38. The van der Waals surface area contributed by atoms with Crippen LogP contribution in [-0.4, -0.2) is 39.2 Å². The molecule has 2 amide bonds. The number of thiazole rings is 1. The molecule has 30 heavy (non-hydrogen) atoms. The van der Waals surface area contributed by atoms with Gasteiger partial charge in [-0.05, 0) is 36.4 Å². The summed E-state index contributed by atoms with van der Waals surface area (Å²) in [7, 11) is 1.64. The predicted molar refractivity (Wildman–Crippen MR) is 117 cm³/mol. The summed E-state index contributed by atoms with van der Waals surface area (Å²) >= 11 is 7.72.